The third kappa shape index (κ3) is 3.63. The first kappa shape index (κ1) is 15.6. The third-order valence-corrected chi connectivity index (χ3v) is 4.37. The summed E-state index contributed by atoms with van der Waals surface area (Å²) in [5.41, 5.74) is 0.533. The number of sulfonamides is 1. The highest BCUT2D eigenvalue weighted by Crippen LogP contribution is 2.19. The van der Waals surface area contributed by atoms with Crippen LogP contribution >= 0.6 is 0 Å². The molecule has 0 fully saturated rings. The summed E-state index contributed by atoms with van der Waals surface area (Å²) in [6.07, 6.45) is 0. The first-order valence-electron chi connectivity index (χ1n) is 6.07. The maximum absolute atomic E-state index is 13.6. The van der Waals surface area contributed by atoms with Crippen molar-refractivity contribution in [1.29, 1.82) is 0 Å². The van der Waals surface area contributed by atoms with E-state index in [1.165, 1.54) is 0 Å². The van der Waals surface area contributed by atoms with Gasteiger partial charge in [-0.2, -0.15) is 0 Å². The van der Waals surface area contributed by atoms with Crippen LogP contribution < -0.4 is 4.72 Å². The van der Waals surface area contributed by atoms with Gasteiger partial charge in [-0.15, -0.1) is 0 Å². The zero-order valence-corrected chi connectivity index (χ0v) is 11.6. The van der Waals surface area contributed by atoms with Crippen molar-refractivity contribution in [3.8, 4) is 0 Å². The number of aliphatic hydroxyl groups is 1. The summed E-state index contributed by atoms with van der Waals surface area (Å²) in [6, 6.07) is 9.64. The number of hydrogen-bond acceptors (Lipinski definition) is 3. The van der Waals surface area contributed by atoms with E-state index in [4.69, 9.17) is 0 Å². The van der Waals surface area contributed by atoms with E-state index in [2.05, 4.69) is 4.72 Å². The number of rotatable bonds is 5. The monoisotopic (exact) mass is 313 g/mol. The molecular weight excluding hydrogens is 300 g/mol. The van der Waals surface area contributed by atoms with Gasteiger partial charge in [0, 0.05) is 6.07 Å². The van der Waals surface area contributed by atoms with Crippen LogP contribution in [0.5, 0.6) is 0 Å². The van der Waals surface area contributed by atoms with Crippen LogP contribution in [0.25, 0.3) is 0 Å². The molecule has 7 heteroatoms. The highest BCUT2D eigenvalue weighted by molar-refractivity contribution is 7.89. The van der Waals surface area contributed by atoms with E-state index in [9.17, 15) is 22.3 Å². The van der Waals surface area contributed by atoms with E-state index in [1.54, 1.807) is 30.3 Å². The van der Waals surface area contributed by atoms with Crippen LogP contribution in [0.15, 0.2) is 53.4 Å². The lowest BCUT2D eigenvalue weighted by molar-refractivity contribution is 0.258. The molecule has 4 nitrogen and oxygen atoms in total. The lowest BCUT2D eigenvalue weighted by Crippen LogP contribution is -2.31. The molecule has 0 aliphatic carbocycles. The number of hydrogen-bond donors (Lipinski definition) is 2. The Hall–Kier alpha value is -1.83. The van der Waals surface area contributed by atoms with Crippen LogP contribution in [-0.4, -0.2) is 20.1 Å². The second-order valence-electron chi connectivity index (χ2n) is 4.34. The molecule has 112 valence electrons. The highest BCUT2D eigenvalue weighted by atomic mass is 32.2. The van der Waals surface area contributed by atoms with Crippen LogP contribution in [0.4, 0.5) is 8.78 Å². The average molecular weight is 313 g/mol. The van der Waals surface area contributed by atoms with Crippen molar-refractivity contribution in [2.75, 3.05) is 6.61 Å². The van der Waals surface area contributed by atoms with Gasteiger partial charge in [-0.05, 0) is 17.7 Å². The quantitative estimate of drug-likeness (QED) is 0.887. The fourth-order valence-electron chi connectivity index (χ4n) is 1.84. The Kier molecular flexibility index (Phi) is 4.66. The predicted molar refractivity (Wildman–Crippen MR) is 72.9 cm³/mol. The molecule has 2 aromatic carbocycles. The zero-order valence-electron chi connectivity index (χ0n) is 10.8. The van der Waals surface area contributed by atoms with Gasteiger partial charge < -0.3 is 5.11 Å². The second-order valence-corrected chi connectivity index (χ2v) is 6.02. The maximum atomic E-state index is 13.6. The molecule has 0 aliphatic heterocycles. The molecule has 0 saturated heterocycles. The molecule has 1 atom stereocenters. The van der Waals surface area contributed by atoms with Crippen LogP contribution in [0.2, 0.25) is 0 Å². The lowest BCUT2D eigenvalue weighted by Gasteiger charge is -2.17. The minimum absolute atomic E-state index is 0.491. The van der Waals surface area contributed by atoms with Crippen molar-refractivity contribution in [1.82, 2.24) is 4.72 Å². The Morgan fingerprint density at radius 2 is 1.76 bits per heavy atom. The summed E-state index contributed by atoms with van der Waals surface area (Å²) >= 11 is 0. The summed E-state index contributed by atoms with van der Waals surface area (Å²) in [7, 11) is -4.22. The average Bonchev–Trinajstić information content (AvgIpc) is 2.45. The van der Waals surface area contributed by atoms with Gasteiger partial charge in [0.1, 0.15) is 16.5 Å². The number of aliphatic hydroxyl groups excluding tert-OH is 1. The molecule has 2 aromatic rings. The Bertz CT molecular complexity index is 720. The number of benzene rings is 2. The van der Waals surface area contributed by atoms with Gasteiger partial charge in [0.25, 0.3) is 0 Å². The van der Waals surface area contributed by atoms with Gasteiger partial charge in [-0.1, -0.05) is 30.3 Å². The van der Waals surface area contributed by atoms with Crippen molar-refractivity contribution < 1.29 is 22.3 Å². The summed E-state index contributed by atoms with van der Waals surface area (Å²) < 4.78 is 52.9. The third-order valence-electron chi connectivity index (χ3n) is 2.87. The molecule has 0 amide bonds. The van der Waals surface area contributed by atoms with Crippen molar-refractivity contribution in [3.05, 3.63) is 65.7 Å². The SMILES string of the molecule is O=S(=O)(NC(CO)c1ccccc1)c1ccc(F)cc1F. The maximum Gasteiger partial charge on any atom is 0.244 e. The van der Waals surface area contributed by atoms with Crippen molar-refractivity contribution >= 4 is 10.0 Å². The second kappa shape index (κ2) is 6.30. The van der Waals surface area contributed by atoms with Crippen molar-refractivity contribution in [3.63, 3.8) is 0 Å². The Labute approximate surface area is 121 Å². The first-order valence-corrected chi connectivity index (χ1v) is 7.55. The van der Waals surface area contributed by atoms with Gasteiger partial charge in [-0.25, -0.2) is 21.9 Å². The molecule has 2 rings (SSSR count). The molecule has 0 heterocycles. The van der Waals surface area contributed by atoms with E-state index in [0.29, 0.717) is 11.6 Å². The first-order chi connectivity index (χ1) is 9.94. The number of halogens is 2. The molecule has 2 N–H and O–H groups in total. The van der Waals surface area contributed by atoms with Gasteiger partial charge >= 0.3 is 0 Å². The van der Waals surface area contributed by atoms with Crippen molar-refractivity contribution in [2.24, 2.45) is 0 Å². The zero-order chi connectivity index (χ0) is 15.5. The molecule has 0 bridgehead atoms. The lowest BCUT2D eigenvalue weighted by atomic mass is 10.1. The molecule has 0 aromatic heterocycles. The Balaban J connectivity index is 2.32. The fourth-order valence-corrected chi connectivity index (χ4v) is 3.11. The van der Waals surface area contributed by atoms with E-state index in [0.717, 1.165) is 12.1 Å². The van der Waals surface area contributed by atoms with Crippen LogP contribution in [0.1, 0.15) is 11.6 Å². The topological polar surface area (TPSA) is 66.4 Å². The Morgan fingerprint density at radius 1 is 1.10 bits per heavy atom. The van der Waals surface area contributed by atoms with Crippen LogP contribution in [-0.2, 0) is 10.0 Å². The van der Waals surface area contributed by atoms with Crippen molar-refractivity contribution in [2.45, 2.75) is 10.9 Å². The fraction of sp³-hybridized carbons (Fsp3) is 0.143. The summed E-state index contributed by atoms with van der Waals surface area (Å²) in [6.45, 7) is -0.494. The highest BCUT2D eigenvalue weighted by Gasteiger charge is 2.24. The molecule has 0 saturated carbocycles. The van der Waals surface area contributed by atoms with E-state index in [-0.39, 0.29) is 0 Å². The standard InChI is InChI=1S/C14H13F2NO3S/c15-11-6-7-14(12(16)8-11)21(19,20)17-13(9-18)10-4-2-1-3-5-10/h1-8,13,17-18H,9H2. The van der Waals surface area contributed by atoms with Crippen LogP contribution in [0.3, 0.4) is 0 Å². The molecular formula is C14H13F2NO3S. The summed E-state index contributed by atoms with van der Waals surface area (Å²) in [5.74, 6) is -2.06. The minimum Gasteiger partial charge on any atom is -0.394 e. The molecule has 1 unspecified atom stereocenters. The summed E-state index contributed by atoms with van der Waals surface area (Å²) in [5, 5.41) is 9.32. The van der Waals surface area contributed by atoms with Gasteiger partial charge in [0.15, 0.2) is 0 Å². The van der Waals surface area contributed by atoms with Gasteiger partial charge in [0.05, 0.1) is 12.6 Å². The molecule has 0 radical (unpaired) electrons. The molecule has 0 spiro atoms. The Morgan fingerprint density at radius 3 is 2.33 bits per heavy atom. The van der Waals surface area contributed by atoms with E-state index in [1.807, 2.05) is 0 Å². The predicted octanol–water partition coefficient (Wildman–Crippen LogP) is 1.98. The largest absolute Gasteiger partial charge is 0.394 e. The van der Waals surface area contributed by atoms with E-state index >= 15 is 0 Å². The summed E-state index contributed by atoms with van der Waals surface area (Å²) in [4.78, 5) is -0.668. The normalized spacial score (nSPS) is 13.1. The van der Waals surface area contributed by atoms with Gasteiger partial charge in [-0.3, -0.25) is 0 Å². The number of nitrogens with one attached hydrogen (secondary N) is 1. The van der Waals surface area contributed by atoms with E-state index < -0.39 is 39.2 Å². The molecule has 21 heavy (non-hydrogen) atoms. The smallest absolute Gasteiger partial charge is 0.244 e. The van der Waals surface area contributed by atoms with Gasteiger partial charge in [0.2, 0.25) is 10.0 Å². The molecule has 0 aliphatic rings. The minimum atomic E-state index is -4.22. The van der Waals surface area contributed by atoms with Crippen LogP contribution in [0, 0.1) is 11.6 Å².